The topological polar surface area (TPSA) is 37.4 Å². The number of ether oxygens (including phenoxy) is 1. The van der Waals surface area contributed by atoms with Crippen LogP contribution in [-0.2, 0) is 17.7 Å². The van der Waals surface area contributed by atoms with Crippen LogP contribution < -0.4 is 10.2 Å². The van der Waals surface area contributed by atoms with Crippen molar-refractivity contribution in [1.82, 2.24) is 10.3 Å². The maximum Gasteiger partial charge on any atom is 0.185 e. The molecule has 1 aliphatic heterocycles. The van der Waals surface area contributed by atoms with Crippen LogP contribution in [0.3, 0.4) is 0 Å². The van der Waals surface area contributed by atoms with E-state index >= 15 is 0 Å². The Kier molecular flexibility index (Phi) is 4.97. The molecule has 1 unspecified atom stereocenters. The number of rotatable bonds is 4. The van der Waals surface area contributed by atoms with Gasteiger partial charge in [0.05, 0.1) is 11.8 Å². The van der Waals surface area contributed by atoms with Crippen LogP contribution in [0.15, 0.2) is 0 Å². The van der Waals surface area contributed by atoms with Gasteiger partial charge in [0.25, 0.3) is 0 Å². The average Bonchev–Trinajstić information content (AvgIpc) is 2.64. The molecule has 1 atom stereocenters. The summed E-state index contributed by atoms with van der Waals surface area (Å²) in [6.45, 7) is 8.11. The lowest BCUT2D eigenvalue weighted by molar-refractivity contribution is 0.0821. The fraction of sp³-hybridized carbons (Fsp3) is 0.769. The Bertz CT molecular complexity index is 380. The van der Waals surface area contributed by atoms with E-state index in [1.165, 1.54) is 10.6 Å². The van der Waals surface area contributed by atoms with E-state index in [0.29, 0.717) is 6.10 Å². The molecule has 1 fully saturated rings. The van der Waals surface area contributed by atoms with Gasteiger partial charge < -0.3 is 15.0 Å². The van der Waals surface area contributed by atoms with Gasteiger partial charge in [0.2, 0.25) is 0 Å². The van der Waals surface area contributed by atoms with Crippen molar-refractivity contribution in [3.05, 3.63) is 10.6 Å². The van der Waals surface area contributed by atoms with Gasteiger partial charge >= 0.3 is 0 Å². The molecule has 18 heavy (non-hydrogen) atoms. The first-order valence-electron chi connectivity index (χ1n) is 6.74. The van der Waals surface area contributed by atoms with Crippen molar-refractivity contribution in [3.8, 4) is 0 Å². The summed E-state index contributed by atoms with van der Waals surface area (Å²) >= 11 is 1.82. The molecule has 102 valence electrons. The molecule has 0 radical (unpaired) electrons. The molecule has 4 nitrogen and oxygen atoms in total. The highest BCUT2D eigenvalue weighted by molar-refractivity contribution is 7.15. The molecular weight excluding hydrogens is 246 g/mol. The lowest BCUT2D eigenvalue weighted by atomic mass is 10.3. The van der Waals surface area contributed by atoms with Crippen LogP contribution in [0.1, 0.15) is 30.8 Å². The van der Waals surface area contributed by atoms with Gasteiger partial charge in [-0.1, -0.05) is 6.92 Å². The van der Waals surface area contributed by atoms with Crippen molar-refractivity contribution >= 4 is 16.5 Å². The summed E-state index contributed by atoms with van der Waals surface area (Å²) in [7, 11) is 1.99. The first kappa shape index (κ1) is 13.8. The zero-order valence-corrected chi connectivity index (χ0v) is 12.3. The van der Waals surface area contributed by atoms with Gasteiger partial charge in [0.1, 0.15) is 0 Å². The first-order valence-corrected chi connectivity index (χ1v) is 7.56. The van der Waals surface area contributed by atoms with Crippen molar-refractivity contribution in [3.63, 3.8) is 0 Å². The number of thiazole rings is 1. The number of nitrogens with one attached hydrogen (secondary N) is 1. The zero-order valence-electron chi connectivity index (χ0n) is 11.5. The molecule has 0 spiro atoms. The number of aryl methyl sites for hydroxylation is 1. The van der Waals surface area contributed by atoms with E-state index in [0.717, 1.165) is 44.2 Å². The Labute approximate surface area is 113 Å². The molecule has 1 saturated heterocycles. The number of anilines is 1. The number of hydrogen-bond acceptors (Lipinski definition) is 5. The van der Waals surface area contributed by atoms with E-state index in [9.17, 15) is 0 Å². The number of hydrogen-bond donors (Lipinski definition) is 1. The van der Waals surface area contributed by atoms with Crippen LogP contribution in [0.5, 0.6) is 0 Å². The van der Waals surface area contributed by atoms with Gasteiger partial charge in [-0.2, -0.15) is 0 Å². The minimum atomic E-state index is 0.300. The molecule has 5 heteroatoms. The summed E-state index contributed by atoms with van der Waals surface area (Å²) in [5.74, 6) is 0. The predicted molar refractivity (Wildman–Crippen MR) is 76.5 cm³/mol. The summed E-state index contributed by atoms with van der Waals surface area (Å²) in [5.41, 5.74) is 1.24. The lowest BCUT2D eigenvalue weighted by Crippen LogP contribution is -2.29. The molecule has 1 N–H and O–H groups in total. The molecule has 2 rings (SSSR count). The highest BCUT2D eigenvalue weighted by Crippen LogP contribution is 2.28. The van der Waals surface area contributed by atoms with Crippen molar-refractivity contribution < 1.29 is 4.74 Å². The van der Waals surface area contributed by atoms with Gasteiger partial charge in [-0.25, -0.2) is 4.98 Å². The number of aromatic nitrogens is 1. The quantitative estimate of drug-likeness (QED) is 0.907. The van der Waals surface area contributed by atoms with Crippen LogP contribution in [0.25, 0.3) is 0 Å². The standard InChI is InChI=1S/C13H23N3OS/c1-4-11-12(8-14-3)18-13(15-11)16-6-5-7-17-10(2)9-16/h10,14H,4-9H2,1-3H3. The largest absolute Gasteiger partial charge is 0.377 e. The minimum Gasteiger partial charge on any atom is -0.377 e. The maximum atomic E-state index is 5.69. The lowest BCUT2D eigenvalue weighted by Gasteiger charge is -2.20. The van der Waals surface area contributed by atoms with Crippen molar-refractivity contribution in [2.45, 2.75) is 39.3 Å². The molecular formula is C13H23N3OS. The highest BCUT2D eigenvalue weighted by Gasteiger charge is 2.19. The van der Waals surface area contributed by atoms with E-state index in [1.54, 1.807) is 0 Å². The van der Waals surface area contributed by atoms with E-state index in [4.69, 9.17) is 9.72 Å². The van der Waals surface area contributed by atoms with E-state index in [-0.39, 0.29) is 0 Å². The Morgan fingerprint density at radius 3 is 3.11 bits per heavy atom. The third-order valence-corrected chi connectivity index (χ3v) is 4.32. The Balaban J connectivity index is 2.15. The van der Waals surface area contributed by atoms with Crippen molar-refractivity contribution in [1.29, 1.82) is 0 Å². The second-order valence-electron chi connectivity index (χ2n) is 4.73. The molecule has 0 bridgehead atoms. The average molecular weight is 269 g/mol. The fourth-order valence-corrected chi connectivity index (χ4v) is 3.44. The van der Waals surface area contributed by atoms with Gasteiger partial charge in [-0.3, -0.25) is 0 Å². The normalized spacial score (nSPS) is 21.1. The summed E-state index contributed by atoms with van der Waals surface area (Å²) in [5, 5.41) is 4.38. The highest BCUT2D eigenvalue weighted by atomic mass is 32.1. The minimum absolute atomic E-state index is 0.300. The molecule has 1 aromatic heterocycles. The summed E-state index contributed by atoms with van der Waals surface area (Å²) in [6.07, 6.45) is 2.40. The molecule has 0 aliphatic carbocycles. The molecule has 1 aliphatic rings. The first-order chi connectivity index (χ1) is 8.74. The van der Waals surface area contributed by atoms with E-state index in [1.807, 2.05) is 18.4 Å². The smallest absolute Gasteiger partial charge is 0.185 e. The Hall–Kier alpha value is -0.650. The van der Waals surface area contributed by atoms with Crippen LogP contribution in [-0.4, -0.2) is 37.8 Å². The molecule has 0 aromatic carbocycles. The Morgan fingerprint density at radius 2 is 2.39 bits per heavy atom. The van der Waals surface area contributed by atoms with Crippen molar-refractivity contribution in [2.75, 3.05) is 31.6 Å². The third kappa shape index (κ3) is 3.22. The van der Waals surface area contributed by atoms with Gasteiger partial charge in [-0.05, 0) is 26.8 Å². The number of nitrogens with zero attached hydrogens (tertiary/aromatic N) is 2. The van der Waals surface area contributed by atoms with Crippen LogP contribution in [0, 0.1) is 0 Å². The van der Waals surface area contributed by atoms with Crippen molar-refractivity contribution in [2.24, 2.45) is 0 Å². The van der Waals surface area contributed by atoms with Crippen LogP contribution >= 0.6 is 11.3 Å². The van der Waals surface area contributed by atoms with E-state index < -0.39 is 0 Å². The monoisotopic (exact) mass is 269 g/mol. The predicted octanol–water partition coefficient (Wildman–Crippen LogP) is 2.04. The second kappa shape index (κ2) is 6.50. The van der Waals surface area contributed by atoms with Gasteiger partial charge in [-0.15, -0.1) is 11.3 Å². The maximum absolute atomic E-state index is 5.69. The zero-order chi connectivity index (χ0) is 13.0. The Morgan fingerprint density at radius 1 is 1.56 bits per heavy atom. The third-order valence-electron chi connectivity index (χ3n) is 3.16. The molecule has 0 saturated carbocycles. The molecule has 0 amide bonds. The van der Waals surface area contributed by atoms with E-state index in [2.05, 4.69) is 24.1 Å². The molecule has 2 heterocycles. The van der Waals surface area contributed by atoms with Gasteiger partial charge in [0, 0.05) is 31.1 Å². The van der Waals surface area contributed by atoms with Crippen LogP contribution in [0.2, 0.25) is 0 Å². The van der Waals surface area contributed by atoms with Crippen LogP contribution in [0.4, 0.5) is 5.13 Å². The second-order valence-corrected chi connectivity index (χ2v) is 5.79. The fourth-order valence-electron chi connectivity index (χ4n) is 2.25. The molecule has 1 aromatic rings. The SMILES string of the molecule is CCc1nc(N2CCCOC(C)C2)sc1CNC. The van der Waals surface area contributed by atoms with Gasteiger partial charge in [0.15, 0.2) is 5.13 Å². The summed E-state index contributed by atoms with van der Waals surface area (Å²) < 4.78 is 5.69. The summed E-state index contributed by atoms with van der Waals surface area (Å²) in [6, 6.07) is 0. The summed E-state index contributed by atoms with van der Waals surface area (Å²) in [4.78, 5) is 8.54.